The summed E-state index contributed by atoms with van der Waals surface area (Å²) in [5.74, 6) is -0.0217. The summed E-state index contributed by atoms with van der Waals surface area (Å²) < 4.78 is 38.1. The van der Waals surface area contributed by atoms with Gasteiger partial charge in [0, 0.05) is 13.0 Å². The van der Waals surface area contributed by atoms with Gasteiger partial charge in [-0.1, -0.05) is 26.0 Å². The van der Waals surface area contributed by atoms with Gasteiger partial charge in [-0.3, -0.25) is 0 Å². The van der Waals surface area contributed by atoms with Crippen LogP contribution in [0.3, 0.4) is 0 Å². The summed E-state index contributed by atoms with van der Waals surface area (Å²) in [6.45, 7) is 7.64. The van der Waals surface area contributed by atoms with E-state index in [1.807, 2.05) is 45.0 Å². The summed E-state index contributed by atoms with van der Waals surface area (Å²) in [5.41, 5.74) is 0.321. The Bertz CT molecular complexity index is 893. The summed E-state index contributed by atoms with van der Waals surface area (Å²) >= 11 is 1.22. The minimum atomic E-state index is -3.45. The quantitative estimate of drug-likeness (QED) is 0.618. The third-order valence-corrected chi connectivity index (χ3v) is 8.96. The Morgan fingerprint density at radius 2 is 2.00 bits per heavy atom. The monoisotopic (exact) mass is 427 g/mol. The van der Waals surface area contributed by atoms with Crippen LogP contribution in [0.15, 0.2) is 28.6 Å². The number of methoxy groups -OCH3 is 1. The van der Waals surface area contributed by atoms with E-state index >= 15 is 0 Å². The molecule has 0 spiro atoms. The van der Waals surface area contributed by atoms with Crippen LogP contribution >= 0.6 is 11.3 Å². The number of ether oxygens (including phenoxy) is 2. The van der Waals surface area contributed by atoms with Crippen LogP contribution in [0.5, 0.6) is 0 Å². The molecule has 2 aromatic rings. The van der Waals surface area contributed by atoms with Crippen molar-refractivity contribution >= 4 is 31.4 Å². The number of aromatic nitrogens is 1. The Morgan fingerprint density at radius 3 is 2.61 bits per heavy atom. The Labute approximate surface area is 170 Å². The summed E-state index contributed by atoms with van der Waals surface area (Å²) in [5, 5.41) is 9.88. The second-order valence-electron chi connectivity index (χ2n) is 8.19. The van der Waals surface area contributed by atoms with Crippen molar-refractivity contribution in [2.45, 2.75) is 62.4 Å². The number of para-hydroxylation sites is 1. The van der Waals surface area contributed by atoms with E-state index in [4.69, 9.17) is 9.47 Å². The molecular weight excluding hydrogens is 398 g/mol. The summed E-state index contributed by atoms with van der Waals surface area (Å²) in [6, 6.07) is 7.45. The SMILES string of the molecule is CO[C@H]([C@@H](C)[C@H]1O[C@]1(C)C[C@H](C)CS(=O)(=O)c1nc2ccccc2s1)[C@H](C)O. The van der Waals surface area contributed by atoms with Crippen molar-refractivity contribution in [3.63, 3.8) is 0 Å². The van der Waals surface area contributed by atoms with Crippen LogP contribution in [-0.4, -0.2) is 55.3 Å². The maximum absolute atomic E-state index is 12.8. The first-order valence-corrected chi connectivity index (χ1v) is 12.0. The predicted molar refractivity (Wildman–Crippen MR) is 110 cm³/mol. The molecule has 2 heterocycles. The smallest absolute Gasteiger partial charge is 0.210 e. The molecule has 0 bridgehead atoms. The standard InChI is InChI=1S/C20H29NO5S2/c1-12(10-20(4)18(26-20)13(2)17(25-5)14(3)22)11-28(23,24)19-21-15-8-6-7-9-16(15)27-19/h6-9,12-14,17-18,22H,10-11H2,1-5H3/t12-,13+,14-,17+,18+,20+/m0/s1. The Morgan fingerprint density at radius 1 is 1.32 bits per heavy atom. The van der Waals surface area contributed by atoms with Gasteiger partial charge in [-0.2, -0.15) is 0 Å². The molecule has 8 heteroatoms. The molecule has 0 amide bonds. The highest BCUT2D eigenvalue weighted by atomic mass is 32.2. The van der Waals surface area contributed by atoms with Gasteiger partial charge in [-0.25, -0.2) is 13.4 Å². The summed E-state index contributed by atoms with van der Waals surface area (Å²) in [6.07, 6.45) is -0.332. The van der Waals surface area contributed by atoms with Crippen molar-refractivity contribution < 1.29 is 23.0 Å². The van der Waals surface area contributed by atoms with E-state index in [9.17, 15) is 13.5 Å². The van der Waals surface area contributed by atoms with Gasteiger partial charge in [-0.15, -0.1) is 11.3 Å². The molecule has 6 atom stereocenters. The number of nitrogens with zero attached hydrogens (tertiary/aromatic N) is 1. The zero-order valence-electron chi connectivity index (χ0n) is 17.0. The lowest BCUT2D eigenvalue weighted by molar-refractivity contribution is -0.0391. The largest absolute Gasteiger partial charge is 0.391 e. The maximum atomic E-state index is 12.8. The van der Waals surface area contributed by atoms with E-state index < -0.39 is 21.5 Å². The topological polar surface area (TPSA) is 89.0 Å². The van der Waals surface area contributed by atoms with Crippen LogP contribution < -0.4 is 0 Å². The molecule has 1 aliphatic heterocycles. The molecule has 156 valence electrons. The maximum Gasteiger partial charge on any atom is 0.210 e. The molecule has 1 fully saturated rings. The third kappa shape index (κ3) is 4.41. The second kappa shape index (κ2) is 7.99. The highest BCUT2D eigenvalue weighted by molar-refractivity contribution is 7.93. The van der Waals surface area contributed by atoms with Gasteiger partial charge in [-0.05, 0) is 38.3 Å². The fourth-order valence-corrected chi connectivity index (χ4v) is 7.21. The molecule has 0 aliphatic carbocycles. The lowest BCUT2D eigenvalue weighted by Gasteiger charge is -2.25. The Hall–Kier alpha value is -1.06. The Balaban J connectivity index is 1.64. The van der Waals surface area contributed by atoms with E-state index in [1.54, 1.807) is 14.0 Å². The van der Waals surface area contributed by atoms with Gasteiger partial charge < -0.3 is 14.6 Å². The van der Waals surface area contributed by atoms with E-state index in [1.165, 1.54) is 11.3 Å². The molecular formula is C20H29NO5S2. The van der Waals surface area contributed by atoms with Gasteiger partial charge in [0.15, 0.2) is 0 Å². The first-order valence-electron chi connectivity index (χ1n) is 9.54. The third-order valence-electron chi connectivity index (χ3n) is 5.48. The number of rotatable bonds is 9. The molecule has 0 radical (unpaired) electrons. The number of fused-ring (bicyclic) bond motifs is 1. The van der Waals surface area contributed by atoms with E-state index in [0.29, 0.717) is 11.9 Å². The predicted octanol–water partition coefficient (Wildman–Crippen LogP) is 3.29. The molecule has 0 unspecified atom stereocenters. The van der Waals surface area contributed by atoms with E-state index in [0.717, 1.165) is 4.70 Å². The second-order valence-corrected chi connectivity index (χ2v) is 11.4. The molecule has 1 aliphatic rings. The van der Waals surface area contributed by atoms with Crippen LogP contribution in [0.4, 0.5) is 0 Å². The summed E-state index contributed by atoms with van der Waals surface area (Å²) in [4.78, 5) is 4.30. The summed E-state index contributed by atoms with van der Waals surface area (Å²) in [7, 11) is -1.87. The molecule has 1 aromatic heterocycles. The lowest BCUT2D eigenvalue weighted by atomic mass is 9.86. The number of sulfone groups is 1. The highest BCUT2D eigenvalue weighted by Crippen LogP contribution is 2.47. The van der Waals surface area contributed by atoms with Crippen molar-refractivity contribution in [1.29, 1.82) is 0 Å². The van der Waals surface area contributed by atoms with E-state index in [2.05, 4.69) is 4.98 Å². The minimum absolute atomic E-state index is 0.0167. The number of hydrogen-bond donors (Lipinski definition) is 1. The first kappa shape index (κ1) is 21.6. The molecule has 1 saturated heterocycles. The number of aliphatic hydroxyl groups is 1. The van der Waals surface area contributed by atoms with Gasteiger partial charge in [0.2, 0.25) is 14.2 Å². The van der Waals surface area contributed by atoms with Crippen molar-refractivity contribution in [1.82, 2.24) is 4.98 Å². The molecule has 0 saturated carbocycles. The minimum Gasteiger partial charge on any atom is -0.391 e. The number of benzene rings is 1. The van der Waals surface area contributed by atoms with Gasteiger partial charge in [0.1, 0.15) is 0 Å². The highest BCUT2D eigenvalue weighted by Gasteiger charge is 2.57. The van der Waals surface area contributed by atoms with Crippen molar-refractivity contribution in [2.75, 3.05) is 12.9 Å². The fourth-order valence-electron chi connectivity index (χ4n) is 4.29. The van der Waals surface area contributed by atoms with Crippen molar-refractivity contribution in [2.24, 2.45) is 11.8 Å². The van der Waals surface area contributed by atoms with Crippen molar-refractivity contribution in [3.05, 3.63) is 24.3 Å². The average Bonchev–Trinajstić information content (AvgIpc) is 3.06. The first-order chi connectivity index (χ1) is 13.1. The van der Waals surface area contributed by atoms with Crippen LogP contribution in [0.1, 0.15) is 34.1 Å². The zero-order chi connectivity index (χ0) is 20.7. The van der Waals surface area contributed by atoms with Crippen LogP contribution in [0.2, 0.25) is 0 Å². The molecule has 6 nitrogen and oxygen atoms in total. The zero-order valence-corrected chi connectivity index (χ0v) is 18.6. The number of epoxide rings is 1. The molecule has 1 N–H and O–H groups in total. The van der Waals surface area contributed by atoms with Crippen molar-refractivity contribution in [3.8, 4) is 0 Å². The lowest BCUT2D eigenvalue weighted by Crippen LogP contribution is -2.36. The van der Waals surface area contributed by atoms with Gasteiger partial charge in [0.25, 0.3) is 0 Å². The molecule has 3 rings (SSSR count). The normalized spacial score (nSPS) is 26.7. The van der Waals surface area contributed by atoms with Crippen LogP contribution in [0.25, 0.3) is 10.2 Å². The number of aliphatic hydroxyl groups excluding tert-OH is 1. The van der Waals surface area contributed by atoms with Crippen LogP contribution in [-0.2, 0) is 19.3 Å². The number of thiazole rings is 1. The molecule has 28 heavy (non-hydrogen) atoms. The Kier molecular flexibility index (Phi) is 6.18. The van der Waals surface area contributed by atoms with E-state index in [-0.39, 0.29) is 34.1 Å². The van der Waals surface area contributed by atoms with Gasteiger partial charge in [0.05, 0.1) is 39.9 Å². The fraction of sp³-hybridized carbons (Fsp3) is 0.650. The number of hydrogen-bond acceptors (Lipinski definition) is 7. The van der Waals surface area contributed by atoms with Crippen LogP contribution in [0, 0.1) is 11.8 Å². The average molecular weight is 428 g/mol. The molecule has 1 aromatic carbocycles. The van der Waals surface area contributed by atoms with Gasteiger partial charge >= 0.3 is 0 Å².